The van der Waals surface area contributed by atoms with Gasteiger partial charge in [0.1, 0.15) is 0 Å². The predicted octanol–water partition coefficient (Wildman–Crippen LogP) is 4.43. The zero-order valence-corrected chi connectivity index (χ0v) is 13.7. The average Bonchev–Trinajstić information content (AvgIpc) is 2.88. The lowest BCUT2D eigenvalue weighted by atomic mass is 9.97. The Morgan fingerprint density at radius 3 is 2.57 bits per heavy atom. The van der Waals surface area contributed by atoms with Gasteiger partial charge in [-0.15, -0.1) is 0 Å². The van der Waals surface area contributed by atoms with Crippen molar-refractivity contribution in [1.82, 2.24) is 9.78 Å². The summed E-state index contributed by atoms with van der Waals surface area (Å²) in [4.78, 5) is 0. The topological polar surface area (TPSA) is 43.8 Å². The smallest absolute Gasteiger partial charge is 0.0742 e. The average molecular weight is 344 g/mol. The van der Waals surface area contributed by atoms with E-state index in [1.54, 1.807) is 0 Å². The minimum Gasteiger partial charge on any atom is -0.319 e. The lowest BCUT2D eigenvalue weighted by Crippen LogP contribution is -2.19. The fourth-order valence-corrected chi connectivity index (χ4v) is 3.24. The van der Waals surface area contributed by atoms with Gasteiger partial charge in [0.25, 0.3) is 0 Å². The van der Waals surface area contributed by atoms with Crippen LogP contribution in [0.4, 0.5) is 0 Å². The maximum Gasteiger partial charge on any atom is 0.0742 e. The van der Waals surface area contributed by atoms with Crippen LogP contribution in [0.15, 0.2) is 53.1 Å². The molecule has 108 valence electrons. The normalized spacial score (nSPS) is 13.0. The van der Waals surface area contributed by atoms with Crippen molar-refractivity contribution in [2.75, 3.05) is 0 Å². The van der Waals surface area contributed by atoms with E-state index in [1.165, 1.54) is 10.8 Å². The second kappa shape index (κ2) is 5.62. The molecule has 21 heavy (non-hydrogen) atoms. The summed E-state index contributed by atoms with van der Waals surface area (Å²) in [5, 5.41) is 6.83. The number of hydrogen-bond donors (Lipinski definition) is 1. The van der Waals surface area contributed by atoms with E-state index < -0.39 is 0 Å². The zero-order chi connectivity index (χ0) is 15.0. The Kier molecular flexibility index (Phi) is 3.83. The Labute approximate surface area is 132 Å². The van der Waals surface area contributed by atoms with Gasteiger partial charge < -0.3 is 5.73 Å². The second-order valence-electron chi connectivity index (χ2n) is 5.46. The summed E-state index contributed by atoms with van der Waals surface area (Å²) < 4.78 is 2.94. The van der Waals surface area contributed by atoms with Crippen LogP contribution in [0.2, 0.25) is 0 Å². The van der Waals surface area contributed by atoms with Gasteiger partial charge in [-0.2, -0.15) is 5.10 Å². The molecule has 0 fully saturated rings. The molecule has 0 radical (unpaired) electrons. The first kappa shape index (κ1) is 14.3. The molecule has 0 amide bonds. The van der Waals surface area contributed by atoms with Crippen molar-refractivity contribution in [2.24, 2.45) is 5.73 Å². The quantitative estimate of drug-likeness (QED) is 0.764. The largest absolute Gasteiger partial charge is 0.319 e. The number of halogens is 1. The van der Waals surface area contributed by atoms with Crippen LogP contribution in [0.1, 0.15) is 37.2 Å². The van der Waals surface area contributed by atoms with Gasteiger partial charge in [0.15, 0.2) is 0 Å². The lowest BCUT2D eigenvalue weighted by Gasteiger charge is -2.19. The van der Waals surface area contributed by atoms with Crippen LogP contribution in [-0.4, -0.2) is 9.78 Å². The van der Waals surface area contributed by atoms with Crippen LogP contribution >= 0.6 is 15.9 Å². The van der Waals surface area contributed by atoms with Gasteiger partial charge in [0, 0.05) is 6.04 Å². The van der Waals surface area contributed by atoms with Crippen LogP contribution in [0, 0.1) is 0 Å². The molecular formula is C17H18BrN3. The second-order valence-corrected chi connectivity index (χ2v) is 6.32. The fraction of sp³-hybridized carbons (Fsp3) is 0.235. The van der Waals surface area contributed by atoms with Gasteiger partial charge in [-0.1, -0.05) is 42.5 Å². The first-order valence-corrected chi connectivity index (χ1v) is 7.85. The minimum absolute atomic E-state index is 0.213. The minimum atomic E-state index is -0.213. The van der Waals surface area contributed by atoms with Crippen LogP contribution in [-0.2, 0) is 0 Å². The molecule has 0 aliphatic rings. The van der Waals surface area contributed by atoms with Gasteiger partial charge >= 0.3 is 0 Å². The van der Waals surface area contributed by atoms with E-state index in [9.17, 15) is 0 Å². The summed E-state index contributed by atoms with van der Waals surface area (Å²) in [6.07, 6.45) is 1.82. The molecule has 3 aromatic rings. The first-order valence-electron chi connectivity index (χ1n) is 7.05. The van der Waals surface area contributed by atoms with Crippen molar-refractivity contribution in [3.8, 4) is 0 Å². The third kappa shape index (κ3) is 2.49. The Morgan fingerprint density at radius 2 is 1.81 bits per heavy atom. The van der Waals surface area contributed by atoms with Crippen molar-refractivity contribution in [1.29, 1.82) is 0 Å². The monoisotopic (exact) mass is 343 g/mol. The summed E-state index contributed by atoms with van der Waals surface area (Å²) in [5.41, 5.74) is 8.71. The number of benzene rings is 2. The molecule has 0 aliphatic heterocycles. The van der Waals surface area contributed by atoms with Gasteiger partial charge in [-0.05, 0) is 46.1 Å². The molecule has 3 nitrogen and oxygen atoms in total. The molecule has 0 saturated carbocycles. The summed E-state index contributed by atoms with van der Waals surface area (Å²) >= 11 is 3.58. The Hall–Kier alpha value is -1.65. The number of nitrogens with zero attached hydrogens (tertiary/aromatic N) is 2. The highest BCUT2D eigenvalue weighted by Gasteiger charge is 2.21. The highest BCUT2D eigenvalue weighted by atomic mass is 79.9. The molecule has 3 rings (SSSR count). The lowest BCUT2D eigenvalue weighted by molar-refractivity contribution is 0.499. The maximum absolute atomic E-state index is 6.58. The highest BCUT2D eigenvalue weighted by molar-refractivity contribution is 9.10. The molecule has 1 unspecified atom stereocenters. The number of nitrogens with two attached hydrogens (primary N) is 1. The molecular weight excluding hydrogens is 326 g/mol. The Morgan fingerprint density at radius 1 is 1.10 bits per heavy atom. The van der Waals surface area contributed by atoms with Crippen molar-refractivity contribution < 1.29 is 0 Å². The Balaban J connectivity index is 2.17. The van der Waals surface area contributed by atoms with Crippen molar-refractivity contribution in [3.05, 3.63) is 64.4 Å². The van der Waals surface area contributed by atoms with E-state index in [0.29, 0.717) is 0 Å². The van der Waals surface area contributed by atoms with Gasteiger partial charge in [-0.3, -0.25) is 4.68 Å². The van der Waals surface area contributed by atoms with Crippen LogP contribution < -0.4 is 5.73 Å². The maximum atomic E-state index is 6.58. The van der Waals surface area contributed by atoms with Crippen molar-refractivity contribution in [2.45, 2.75) is 25.9 Å². The third-order valence-corrected chi connectivity index (χ3v) is 4.34. The molecule has 1 heterocycles. The van der Waals surface area contributed by atoms with Gasteiger partial charge in [0.2, 0.25) is 0 Å². The van der Waals surface area contributed by atoms with Gasteiger partial charge in [0.05, 0.1) is 22.4 Å². The molecule has 0 bridgehead atoms. The van der Waals surface area contributed by atoms with Crippen LogP contribution in [0.25, 0.3) is 10.8 Å². The molecule has 2 aromatic carbocycles. The summed E-state index contributed by atoms with van der Waals surface area (Å²) in [7, 11) is 0. The molecule has 4 heteroatoms. The van der Waals surface area contributed by atoms with Gasteiger partial charge in [-0.25, -0.2) is 0 Å². The third-order valence-electron chi connectivity index (χ3n) is 3.73. The van der Waals surface area contributed by atoms with E-state index in [1.807, 2.05) is 23.0 Å². The van der Waals surface area contributed by atoms with E-state index in [2.05, 4.69) is 65.2 Å². The van der Waals surface area contributed by atoms with Crippen molar-refractivity contribution in [3.63, 3.8) is 0 Å². The zero-order valence-electron chi connectivity index (χ0n) is 12.1. The van der Waals surface area contributed by atoms with E-state index >= 15 is 0 Å². The highest BCUT2D eigenvalue weighted by Crippen LogP contribution is 2.32. The number of hydrogen-bond acceptors (Lipinski definition) is 2. The molecule has 0 spiro atoms. The Bertz CT molecular complexity index is 771. The molecule has 1 aromatic heterocycles. The SMILES string of the molecule is CC(C)n1ncc(Br)c1C(N)c1cccc2ccccc12. The number of aromatic nitrogens is 2. The summed E-state index contributed by atoms with van der Waals surface area (Å²) in [6, 6.07) is 14.6. The summed E-state index contributed by atoms with van der Waals surface area (Å²) in [6.45, 7) is 4.22. The van der Waals surface area contributed by atoms with E-state index in [-0.39, 0.29) is 12.1 Å². The molecule has 2 N–H and O–H groups in total. The van der Waals surface area contributed by atoms with Crippen LogP contribution in [0.3, 0.4) is 0 Å². The fourth-order valence-electron chi connectivity index (χ4n) is 2.72. The number of fused-ring (bicyclic) bond motifs is 1. The standard InChI is InChI=1S/C17H18BrN3/c1-11(2)21-17(15(18)10-20-21)16(19)14-9-5-7-12-6-3-4-8-13(12)14/h3-11,16H,19H2,1-2H3. The van der Waals surface area contributed by atoms with Crippen molar-refractivity contribution >= 4 is 26.7 Å². The summed E-state index contributed by atoms with van der Waals surface area (Å²) in [5.74, 6) is 0. The molecule has 0 saturated heterocycles. The first-order chi connectivity index (χ1) is 10.1. The van der Waals surface area contributed by atoms with E-state index in [4.69, 9.17) is 5.73 Å². The molecule has 1 atom stereocenters. The number of rotatable bonds is 3. The molecule has 0 aliphatic carbocycles. The van der Waals surface area contributed by atoms with E-state index in [0.717, 1.165) is 15.7 Å². The predicted molar refractivity (Wildman–Crippen MR) is 90.3 cm³/mol. The van der Waals surface area contributed by atoms with Crippen LogP contribution in [0.5, 0.6) is 0 Å².